The summed E-state index contributed by atoms with van der Waals surface area (Å²) in [5.74, 6) is 0. The van der Waals surface area contributed by atoms with Crippen LogP contribution in [-0.4, -0.2) is 0 Å². The zero-order valence-corrected chi connectivity index (χ0v) is 12.8. The fourth-order valence-electron chi connectivity index (χ4n) is 2.89. The van der Waals surface area contributed by atoms with Gasteiger partial charge in [0, 0.05) is 21.2 Å². The molecule has 4 aromatic rings. The Balaban J connectivity index is 2.13. The molecule has 0 bridgehead atoms. The molecule has 4 rings (SSSR count). The average molecular weight is 329 g/mol. The van der Waals surface area contributed by atoms with Crippen molar-refractivity contribution in [2.75, 3.05) is 0 Å². The number of halogens is 3. The van der Waals surface area contributed by atoms with E-state index in [0.29, 0.717) is 5.39 Å². The van der Waals surface area contributed by atoms with Gasteiger partial charge in [0.05, 0.1) is 5.56 Å². The maximum atomic E-state index is 13.1. The van der Waals surface area contributed by atoms with Gasteiger partial charge in [0.2, 0.25) is 0 Å². The third-order valence-corrected chi connectivity index (χ3v) is 6.24. The van der Waals surface area contributed by atoms with Crippen LogP contribution in [-0.2, 0) is 6.18 Å². The van der Waals surface area contributed by atoms with E-state index in [-0.39, 0.29) is 10.5 Å². The second-order valence-corrected chi connectivity index (χ2v) is 7.29. The molecule has 0 aliphatic heterocycles. The topological polar surface area (TPSA) is 0 Å². The Morgan fingerprint density at radius 3 is 2.04 bits per heavy atom. The molecule has 0 fully saturated rings. The van der Waals surface area contributed by atoms with Crippen LogP contribution < -0.4 is 0 Å². The lowest BCUT2D eigenvalue weighted by Crippen LogP contribution is -2.03. The summed E-state index contributed by atoms with van der Waals surface area (Å²) in [5.41, 5.74) is -0.593. The van der Waals surface area contributed by atoms with Crippen molar-refractivity contribution in [2.24, 2.45) is 0 Å². The first-order chi connectivity index (χ1) is 11.1. The highest BCUT2D eigenvalue weighted by atomic mass is 32.2. The second kappa shape index (κ2) is 5.10. The standard InChI is InChI=1S/C19H12F3S/c20-19(21,22)13-10-11-18-16(12-13)15-8-4-5-9-17(15)23(18)14-6-2-1-3-7-14/h1-12H/q+1. The Hall–Kier alpha value is -2.33. The first kappa shape index (κ1) is 14.3. The van der Waals surface area contributed by atoms with Gasteiger partial charge in [-0.05, 0) is 42.5 Å². The second-order valence-electron chi connectivity index (χ2n) is 5.32. The molecule has 3 aromatic carbocycles. The van der Waals surface area contributed by atoms with E-state index in [0.717, 1.165) is 19.7 Å². The highest BCUT2D eigenvalue weighted by molar-refractivity contribution is 7.50. The van der Waals surface area contributed by atoms with Crippen LogP contribution in [0.3, 0.4) is 0 Å². The Morgan fingerprint density at radius 2 is 1.30 bits per heavy atom. The van der Waals surface area contributed by atoms with Gasteiger partial charge in [-0.2, -0.15) is 13.2 Å². The van der Waals surface area contributed by atoms with E-state index in [4.69, 9.17) is 0 Å². The summed E-state index contributed by atoms with van der Waals surface area (Å²) in [7, 11) is -0.343. The first-order valence-corrected chi connectivity index (χ1v) is 8.38. The van der Waals surface area contributed by atoms with Crippen molar-refractivity contribution in [1.82, 2.24) is 0 Å². The van der Waals surface area contributed by atoms with Crippen LogP contribution in [0.4, 0.5) is 13.2 Å². The third kappa shape index (κ3) is 2.30. The molecule has 114 valence electrons. The van der Waals surface area contributed by atoms with E-state index in [1.54, 1.807) is 6.07 Å². The van der Waals surface area contributed by atoms with Crippen LogP contribution in [0.1, 0.15) is 5.56 Å². The molecule has 0 N–H and O–H groups in total. The molecule has 4 heteroatoms. The molecule has 0 radical (unpaired) electrons. The largest absolute Gasteiger partial charge is 0.416 e. The summed E-state index contributed by atoms with van der Waals surface area (Å²) in [6.45, 7) is 0. The summed E-state index contributed by atoms with van der Waals surface area (Å²) in [6.07, 6.45) is -4.32. The normalized spacial score (nSPS) is 12.9. The number of hydrogen-bond donors (Lipinski definition) is 0. The van der Waals surface area contributed by atoms with Crippen molar-refractivity contribution >= 4 is 30.6 Å². The maximum absolute atomic E-state index is 13.1. The van der Waals surface area contributed by atoms with Crippen molar-refractivity contribution in [1.29, 1.82) is 0 Å². The summed E-state index contributed by atoms with van der Waals surface area (Å²) in [6, 6.07) is 21.8. The Kier molecular flexibility index (Phi) is 3.16. The molecule has 0 amide bonds. The van der Waals surface area contributed by atoms with Gasteiger partial charge in [-0.3, -0.25) is 0 Å². The monoisotopic (exact) mass is 329 g/mol. The summed E-state index contributed by atoms with van der Waals surface area (Å²) >= 11 is 0. The Labute approximate surface area is 133 Å². The van der Waals surface area contributed by atoms with Crippen molar-refractivity contribution < 1.29 is 13.2 Å². The fraction of sp³-hybridized carbons (Fsp3) is 0.0526. The minimum Gasteiger partial charge on any atom is -0.166 e. The summed E-state index contributed by atoms with van der Waals surface area (Å²) in [5, 5.41) is 1.60. The van der Waals surface area contributed by atoms with E-state index in [1.807, 2.05) is 54.6 Å². The fourth-order valence-corrected chi connectivity index (χ4v) is 5.27. The lowest BCUT2D eigenvalue weighted by Gasteiger charge is -2.05. The van der Waals surface area contributed by atoms with Crippen LogP contribution in [0.2, 0.25) is 0 Å². The Morgan fingerprint density at radius 1 is 0.652 bits per heavy atom. The number of fused-ring (bicyclic) bond motifs is 3. The van der Waals surface area contributed by atoms with Gasteiger partial charge in [-0.25, -0.2) is 0 Å². The zero-order valence-electron chi connectivity index (χ0n) is 12.0. The van der Waals surface area contributed by atoms with Gasteiger partial charge in [-0.1, -0.05) is 30.3 Å². The van der Waals surface area contributed by atoms with E-state index >= 15 is 0 Å². The lowest BCUT2D eigenvalue weighted by molar-refractivity contribution is -0.137. The number of hydrogen-bond acceptors (Lipinski definition) is 0. The predicted molar refractivity (Wildman–Crippen MR) is 90.3 cm³/mol. The number of rotatable bonds is 1. The average Bonchev–Trinajstić information content (AvgIpc) is 2.88. The molecule has 0 saturated heterocycles. The highest BCUT2D eigenvalue weighted by Crippen LogP contribution is 2.49. The zero-order chi connectivity index (χ0) is 16.0. The third-order valence-electron chi connectivity index (χ3n) is 3.90. The smallest absolute Gasteiger partial charge is 0.166 e. The summed E-state index contributed by atoms with van der Waals surface area (Å²) < 4.78 is 41.2. The molecule has 0 aliphatic carbocycles. The van der Waals surface area contributed by atoms with Gasteiger partial charge in [0.1, 0.15) is 0 Å². The Bertz CT molecular complexity index is 998. The van der Waals surface area contributed by atoms with Crippen LogP contribution >= 0.6 is 10.5 Å². The molecule has 0 aliphatic rings. The summed E-state index contributed by atoms with van der Waals surface area (Å²) in [4.78, 5) is 1.12. The highest BCUT2D eigenvalue weighted by Gasteiger charge is 2.32. The van der Waals surface area contributed by atoms with Crippen molar-refractivity contribution in [3.8, 4) is 4.90 Å². The quantitative estimate of drug-likeness (QED) is 0.339. The first-order valence-electron chi connectivity index (χ1n) is 7.16. The SMILES string of the molecule is FC(F)(F)c1ccc2c(c1)c1ccccc1[s+]2-c1ccccc1. The molecule has 0 nitrogen and oxygen atoms in total. The van der Waals surface area contributed by atoms with Gasteiger partial charge < -0.3 is 0 Å². The van der Waals surface area contributed by atoms with Gasteiger partial charge >= 0.3 is 6.18 Å². The molecule has 0 saturated carbocycles. The maximum Gasteiger partial charge on any atom is 0.416 e. The number of alkyl halides is 3. The molecular formula is C19H12F3S+. The van der Waals surface area contributed by atoms with Crippen LogP contribution in [0.5, 0.6) is 0 Å². The number of benzene rings is 3. The van der Waals surface area contributed by atoms with Gasteiger partial charge in [0.15, 0.2) is 14.3 Å². The molecule has 1 aromatic heterocycles. The van der Waals surface area contributed by atoms with Crippen LogP contribution in [0.15, 0.2) is 72.8 Å². The van der Waals surface area contributed by atoms with Crippen molar-refractivity contribution in [3.05, 3.63) is 78.4 Å². The van der Waals surface area contributed by atoms with Gasteiger partial charge in [0.25, 0.3) is 0 Å². The minimum absolute atomic E-state index is 0.343. The number of thiophene rings is 1. The molecule has 1 unspecified atom stereocenters. The molecule has 0 spiro atoms. The van der Waals surface area contributed by atoms with Crippen molar-refractivity contribution in [2.45, 2.75) is 6.18 Å². The van der Waals surface area contributed by atoms with Crippen LogP contribution in [0.25, 0.3) is 25.1 Å². The van der Waals surface area contributed by atoms with E-state index < -0.39 is 11.7 Å². The van der Waals surface area contributed by atoms with E-state index in [1.165, 1.54) is 12.1 Å². The van der Waals surface area contributed by atoms with E-state index in [2.05, 4.69) is 0 Å². The van der Waals surface area contributed by atoms with Crippen molar-refractivity contribution in [3.63, 3.8) is 0 Å². The van der Waals surface area contributed by atoms with Gasteiger partial charge in [-0.15, -0.1) is 0 Å². The molecule has 23 heavy (non-hydrogen) atoms. The van der Waals surface area contributed by atoms with Crippen LogP contribution in [0, 0.1) is 0 Å². The van der Waals surface area contributed by atoms with E-state index in [9.17, 15) is 13.2 Å². The minimum atomic E-state index is -4.32. The lowest BCUT2D eigenvalue weighted by atomic mass is 10.1. The molecular weight excluding hydrogens is 317 g/mol. The predicted octanol–water partition coefficient (Wildman–Crippen LogP) is 6.75. The molecule has 1 atom stereocenters. The molecule has 1 heterocycles.